The molecule has 3 aromatic carbocycles. The molecule has 0 aliphatic heterocycles. The average Bonchev–Trinajstić information content (AvgIpc) is 2.91. The summed E-state index contributed by atoms with van der Waals surface area (Å²) in [4.78, 5) is 12.6. The molecular weight excluding hydrogens is 477 g/mol. The highest BCUT2D eigenvalue weighted by Crippen LogP contribution is 2.39. The molecule has 0 amide bonds. The zero-order valence-electron chi connectivity index (χ0n) is 21.4. The van der Waals surface area contributed by atoms with Crippen LogP contribution in [0.3, 0.4) is 0 Å². The van der Waals surface area contributed by atoms with Crippen molar-refractivity contribution in [2.75, 3.05) is 7.11 Å². The van der Waals surface area contributed by atoms with Gasteiger partial charge in [-0.15, -0.1) is 0 Å². The van der Waals surface area contributed by atoms with E-state index in [0.717, 1.165) is 25.7 Å². The highest BCUT2D eigenvalue weighted by Gasteiger charge is 2.28. The van der Waals surface area contributed by atoms with Crippen molar-refractivity contribution >= 4 is 5.97 Å². The molecule has 3 aromatic rings. The molecule has 0 bridgehead atoms. The second-order valence-electron chi connectivity index (χ2n) is 9.80. The third-order valence-corrected chi connectivity index (χ3v) is 7.39. The van der Waals surface area contributed by atoms with Gasteiger partial charge >= 0.3 is 5.97 Å². The van der Waals surface area contributed by atoms with Gasteiger partial charge in [-0.2, -0.15) is 0 Å². The lowest BCUT2D eigenvalue weighted by molar-refractivity contribution is 0.0728. The summed E-state index contributed by atoms with van der Waals surface area (Å²) >= 11 is 0. The van der Waals surface area contributed by atoms with Gasteiger partial charge in [-0.05, 0) is 79.0 Å². The minimum atomic E-state index is -1.18. The Kier molecular flexibility index (Phi) is 8.91. The molecule has 0 aromatic heterocycles. The van der Waals surface area contributed by atoms with Gasteiger partial charge < -0.3 is 9.47 Å². The fourth-order valence-electron chi connectivity index (χ4n) is 5.20. The minimum absolute atomic E-state index is 0.0344. The Hall–Kier alpha value is -3.28. The van der Waals surface area contributed by atoms with Gasteiger partial charge in [0.25, 0.3) is 0 Å². The zero-order chi connectivity index (χ0) is 26.4. The molecule has 0 heterocycles. The third-order valence-electron chi connectivity index (χ3n) is 7.39. The molecule has 0 spiro atoms. The van der Waals surface area contributed by atoms with E-state index in [1.54, 1.807) is 24.3 Å². The van der Waals surface area contributed by atoms with Crippen LogP contribution in [0.1, 0.15) is 80.1 Å². The van der Waals surface area contributed by atoms with Crippen LogP contribution in [0.25, 0.3) is 11.1 Å². The number of carbonyl (C=O) groups is 1. The Morgan fingerprint density at radius 1 is 0.865 bits per heavy atom. The predicted octanol–water partition coefficient (Wildman–Crippen LogP) is 8.85. The Morgan fingerprint density at radius 2 is 1.57 bits per heavy atom. The number of halogens is 3. The molecule has 6 heteroatoms. The number of esters is 1. The number of methoxy groups -OCH3 is 1. The first-order valence-electron chi connectivity index (χ1n) is 13.0. The van der Waals surface area contributed by atoms with Gasteiger partial charge in [-0.3, -0.25) is 0 Å². The quantitative estimate of drug-likeness (QED) is 0.164. The fourth-order valence-corrected chi connectivity index (χ4v) is 5.20. The van der Waals surface area contributed by atoms with E-state index in [4.69, 9.17) is 9.47 Å². The van der Waals surface area contributed by atoms with E-state index in [0.29, 0.717) is 28.4 Å². The van der Waals surface area contributed by atoms with Crippen molar-refractivity contribution in [1.82, 2.24) is 0 Å². The van der Waals surface area contributed by atoms with Crippen molar-refractivity contribution in [2.45, 2.75) is 64.2 Å². The van der Waals surface area contributed by atoms with Gasteiger partial charge in [0.05, 0.1) is 12.7 Å². The van der Waals surface area contributed by atoms with E-state index < -0.39 is 29.0 Å². The molecule has 1 aliphatic rings. The normalized spacial score (nSPS) is 17.4. The SMILES string of the molecule is CCCCCC1CCC(c2ccc(C(=O)Oc3ccc(-c4ccc(OC)cc4F)cc3)c(F)c2F)CC1. The first-order valence-corrected chi connectivity index (χ1v) is 13.0. The molecule has 37 heavy (non-hydrogen) atoms. The summed E-state index contributed by atoms with van der Waals surface area (Å²) in [6.45, 7) is 2.19. The molecule has 1 fully saturated rings. The highest BCUT2D eigenvalue weighted by molar-refractivity contribution is 5.91. The number of carbonyl (C=O) groups excluding carboxylic acids is 1. The van der Waals surface area contributed by atoms with Gasteiger partial charge in [0.1, 0.15) is 17.3 Å². The first kappa shape index (κ1) is 26.8. The minimum Gasteiger partial charge on any atom is -0.497 e. The van der Waals surface area contributed by atoms with Crippen molar-refractivity contribution in [3.05, 3.63) is 83.2 Å². The molecule has 0 radical (unpaired) electrons. The molecule has 3 nitrogen and oxygen atoms in total. The monoisotopic (exact) mass is 510 g/mol. The van der Waals surface area contributed by atoms with Crippen LogP contribution in [-0.2, 0) is 0 Å². The van der Waals surface area contributed by atoms with Gasteiger partial charge in [0.2, 0.25) is 0 Å². The summed E-state index contributed by atoms with van der Waals surface area (Å²) in [6.07, 6.45) is 8.58. The second-order valence-corrected chi connectivity index (χ2v) is 9.80. The van der Waals surface area contributed by atoms with E-state index in [2.05, 4.69) is 6.92 Å². The maximum absolute atomic E-state index is 15.0. The summed E-state index contributed by atoms with van der Waals surface area (Å²) in [7, 11) is 1.46. The summed E-state index contributed by atoms with van der Waals surface area (Å²) in [5.74, 6) is -2.39. The van der Waals surface area contributed by atoms with Crippen molar-refractivity contribution in [3.8, 4) is 22.6 Å². The van der Waals surface area contributed by atoms with Gasteiger partial charge in [0, 0.05) is 11.6 Å². The van der Waals surface area contributed by atoms with E-state index in [-0.39, 0.29) is 11.7 Å². The largest absolute Gasteiger partial charge is 0.497 e. The highest BCUT2D eigenvalue weighted by atomic mass is 19.2. The molecular formula is C31H33F3O3. The van der Waals surface area contributed by atoms with E-state index in [1.807, 2.05) is 0 Å². The van der Waals surface area contributed by atoms with Crippen LogP contribution in [0.15, 0.2) is 54.6 Å². The van der Waals surface area contributed by atoms with Crippen molar-refractivity contribution in [3.63, 3.8) is 0 Å². The molecule has 0 atom stereocenters. The maximum atomic E-state index is 15.0. The molecule has 196 valence electrons. The molecule has 1 aliphatic carbocycles. The predicted molar refractivity (Wildman–Crippen MR) is 139 cm³/mol. The summed E-state index contributed by atoms with van der Waals surface area (Å²) < 4.78 is 54.6. The van der Waals surface area contributed by atoms with Crippen LogP contribution in [0.5, 0.6) is 11.5 Å². The average molecular weight is 511 g/mol. The Morgan fingerprint density at radius 3 is 2.22 bits per heavy atom. The molecule has 0 unspecified atom stereocenters. The first-order chi connectivity index (χ1) is 17.9. The smallest absolute Gasteiger partial charge is 0.346 e. The standard InChI is InChI=1S/C31H33F3O3/c1-3-4-5-6-20-7-9-22(10-8-20)26-17-18-27(30(34)29(26)33)31(35)37-23-13-11-21(12-14-23)25-16-15-24(36-2)19-28(25)32/h11-20,22H,3-10H2,1-2H3. The summed E-state index contributed by atoms with van der Waals surface area (Å²) in [5, 5.41) is 0. The van der Waals surface area contributed by atoms with Gasteiger partial charge in [0.15, 0.2) is 11.6 Å². The molecule has 0 saturated heterocycles. The Balaban J connectivity index is 1.40. The van der Waals surface area contributed by atoms with Crippen LogP contribution < -0.4 is 9.47 Å². The van der Waals surface area contributed by atoms with Crippen LogP contribution in [0.4, 0.5) is 13.2 Å². The van der Waals surface area contributed by atoms with E-state index in [1.165, 1.54) is 63.1 Å². The van der Waals surface area contributed by atoms with Crippen molar-refractivity contribution < 1.29 is 27.4 Å². The van der Waals surface area contributed by atoms with Crippen LogP contribution in [-0.4, -0.2) is 13.1 Å². The molecule has 4 rings (SSSR count). The Bertz CT molecular complexity index is 1220. The van der Waals surface area contributed by atoms with Crippen LogP contribution in [0, 0.1) is 23.4 Å². The molecule has 1 saturated carbocycles. The maximum Gasteiger partial charge on any atom is 0.346 e. The number of rotatable bonds is 9. The lowest BCUT2D eigenvalue weighted by Crippen LogP contribution is -2.17. The van der Waals surface area contributed by atoms with Crippen molar-refractivity contribution in [2.24, 2.45) is 5.92 Å². The lowest BCUT2D eigenvalue weighted by Gasteiger charge is -2.29. The summed E-state index contributed by atoms with van der Waals surface area (Å²) in [6, 6.07) is 13.5. The number of benzene rings is 3. The van der Waals surface area contributed by atoms with Crippen molar-refractivity contribution in [1.29, 1.82) is 0 Å². The number of ether oxygens (including phenoxy) is 2. The summed E-state index contributed by atoms with van der Waals surface area (Å²) in [5.41, 5.74) is 0.825. The lowest BCUT2D eigenvalue weighted by atomic mass is 9.76. The number of hydrogen-bond donors (Lipinski definition) is 0. The topological polar surface area (TPSA) is 35.5 Å². The van der Waals surface area contributed by atoms with E-state index >= 15 is 0 Å². The van der Waals surface area contributed by atoms with Gasteiger partial charge in [-0.25, -0.2) is 18.0 Å². The fraction of sp³-hybridized carbons (Fsp3) is 0.387. The Labute approximate surface area is 216 Å². The molecule has 0 N–H and O–H groups in total. The second kappa shape index (κ2) is 12.3. The number of hydrogen-bond acceptors (Lipinski definition) is 3. The van der Waals surface area contributed by atoms with Gasteiger partial charge in [-0.1, -0.05) is 50.8 Å². The third kappa shape index (κ3) is 6.35. The van der Waals surface area contributed by atoms with Crippen LogP contribution in [0.2, 0.25) is 0 Å². The zero-order valence-corrected chi connectivity index (χ0v) is 21.4. The van der Waals surface area contributed by atoms with E-state index in [9.17, 15) is 18.0 Å². The number of unbranched alkanes of at least 4 members (excludes halogenated alkanes) is 2. The van der Waals surface area contributed by atoms with Crippen LogP contribution >= 0.6 is 0 Å².